The van der Waals surface area contributed by atoms with Crippen LogP contribution in [0.5, 0.6) is 0 Å². The Kier molecular flexibility index (Phi) is 4.42. The van der Waals surface area contributed by atoms with Crippen molar-refractivity contribution in [1.82, 2.24) is 15.1 Å². The molecule has 2 saturated heterocycles. The van der Waals surface area contributed by atoms with Gasteiger partial charge in [0.25, 0.3) is 0 Å². The van der Waals surface area contributed by atoms with Crippen molar-refractivity contribution in [1.29, 1.82) is 0 Å². The van der Waals surface area contributed by atoms with Gasteiger partial charge in [-0.1, -0.05) is 13.3 Å². The van der Waals surface area contributed by atoms with E-state index in [4.69, 9.17) is 0 Å². The Hall–Kier alpha value is -1.43. The summed E-state index contributed by atoms with van der Waals surface area (Å²) in [6.07, 6.45) is 2.78. The van der Waals surface area contributed by atoms with E-state index in [-0.39, 0.29) is 11.9 Å². The second-order valence-electron chi connectivity index (χ2n) is 5.85. The molecule has 0 aromatic heterocycles. The van der Waals surface area contributed by atoms with Gasteiger partial charge >= 0.3 is 6.03 Å². The number of amides is 4. The number of rotatable bonds is 3. The normalized spacial score (nSPS) is 32.5. The first-order chi connectivity index (χ1) is 9.45. The summed E-state index contributed by atoms with van der Waals surface area (Å²) < 4.78 is 0. The summed E-state index contributed by atoms with van der Waals surface area (Å²) in [6.45, 7) is 4.88. The molecule has 6 nitrogen and oxygen atoms in total. The Labute approximate surface area is 119 Å². The minimum atomic E-state index is -0.701. The van der Waals surface area contributed by atoms with Crippen LogP contribution in [0.4, 0.5) is 4.79 Å². The fourth-order valence-corrected chi connectivity index (χ4v) is 3.02. The topological polar surface area (TPSA) is 69.7 Å². The number of nitrogens with one attached hydrogen (secondary N) is 1. The molecule has 3 atom stereocenters. The number of carbonyl (C=O) groups is 3. The first-order valence-electron chi connectivity index (χ1n) is 7.33. The fraction of sp³-hybridized carbons (Fsp3) is 0.786. The quantitative estimate of drug-likeness (QED) is 0.782. The number of hydrogen-bond donors (Lipinski definition) is 1. The maximum atomic E-state index is 12.5. The molecule has 0 radical (unpaired) electrons. The van der Waals surface area contributed by atoms with Gasteiger partial charge in [-0.3, -0.25) is 19.8 Å². The molecule has 0 bridgehead atoms. The van der Waals surface area contributed by atoms with E-state index >= 15 is 0 Å². The van der Waals surface area contributed by atoms with Crippen LogP contribution in [0.2, 0.25) is 0 Å². The van der Waals surface area contributed by atoms with E-state index in [2.05, 4.69) is 17.1 Å². The Morgan fingerprint density at radius 2 is 2.00 bits per heavy atom. The SMILES string of the molecule is CCCC1C(=O)NC(=O)N(C2CCN(C)C(C)C2)C1=O. The molecule has 2 fully saturated rings. The van der Waals surface area contributed by atoms with Gasteiger partial charge in [0.2, 0.25) is 11.8 Å². The highest BCUT2D eigenvalue weighted by Crippen LogP contribution is 2.25. The zero-order chi connectivity index (χ0) is 14.9. The summed E-state index contributed by atoms with van der Waals surface area (Å²) in [5.74, 6) is -1.46. The van der Waals surface area contributed by atoms with Crippen LogP contribution in [0.25, 0.3) is 0 Å². The molecular formula is C14H23N3O3. The van der Waals surface area contributed by atoms with Gasteiger partial charge in [-0.05, 0) is 33.2 Å². The van der Waals surface area contributed by atoms with Crippen molar-refractivity contribution in [3.05, 3.63) is 0 Å². The number of nitrogens with zero attached hydrogens (tertiary/aromatic N) is 2. The van der Waals surface area contributed by atoms with Gasteiger partial charge in [-0.15, -0.1) is 0 Å². The maximum Gasteiger partial charge on any atom is 0.331 e. The summed E-state index contributed by atoms with van der Waals surface area (Å²) in [5.41, 5.74) is 0. The molecule has 2 rings (SSSR count). The second-order valence-corrected chi connectivity index (χ2v) is 5.85. The Balaban J connectivity index is 2.15. The lowest BCUT2D eigenvalue weighted by Gasteiger charge is -2.42. The maximum absolute atomic E-state index is 12.5. The van der Waals surface area contributed by atoms with E-state index in [0.717, 1.165) is 25.8 Å². The standard InChI is InChI=1S/C14H23N3O3/c1-4-5-11-12(18)15-14(20)17(13(11)19)10-6-7-16(3)9(2)8-10/h9-11H,4-8H2,1-3H3,(H,15,18,20). The molecule has 2 heterocycles. The molecule has 0 aliphatic carbocycles. The van der Waals surface area contributed by atoms with Crippen LogP contribution >= 0.6 is 0 Å². The summed E-state index contributed by atoms with van der Waals surface area (Å²) in [7, 11) is 2.04. The van der Waals surface area contributed by atoms with E-state index in [9.17, 15) is 14.4 Å². The van der Waals surface area contributed by atoms with Gasteiger partial charge in [0.1, 0.15) is 5.92 Å². The van der Waals surface area contributed by atoms with Crippen molar-refractivity contribution in [3.63, 3.8) is 0 Å². The molecule has 4 amide bonds. The van der Waals surface area contributed by atoms with E-state index < -0.39 is 17.9 Å². The first-order valence-corrected chi connectivity index (χ1v) is 7.33. The highest BCUT2D eigenvalue weighted by atomic mass is 16.2. The van der Waals surface area contributed by atoms with Crippen molar-refractivity contribution < 1.29 is 14.4 Å². The Morgan fingerprint density at radius 1 is 1.30 bits per heavy atom. The van der Waals surface area contributed by atoms with E-state index in [0.29, 0.717) is 12.5 Å². The van der Waals surface area contributed by atoms with Crippen molar-refractivity contribution >= 4 is 17.8 Å². The van der Waals surface area contributed by atoms with Gasteiger partial charge < -0.3 is 4.90 Å². The highest BCUT2D eigenvalue weighted by molar-refractivity contribution is 6.16. The van der Waals surface area contributed by atoms with Gasteiger partial charge in [0, 0.05) is 18.6 Å². The van der Waals surface area contributed by atoms with Crippen LogP contribution in [0.15, 0.2) is 0 Å². The summed E-state index contributed by atoms with van der Waals surface area (Å²) >= 11 is 0. The van der Waals surface area contributed by atoms with E-state index in [1.807, 2.05) is 14.0 Å². The zero-order valence-electron chi connectivity index (χ0n) is 12.4. The number of urea groups is 1. The van der Waals surface area contributed by atoms with Gasteiger partial charge in [-0.2, -0.15) is 0 Å². The third-order valence-corrected chi connectivity index (χ3v) is 4.42. The van der Waals surface area contributed by atoms with Gasteiger partial charge in [0.15, 0.2) is 0 Å². The lowest BCUT2D eigenvalue weighted by atomic mass is 9.93. The van der Waals surface area contributed by atoms with Crippen LogP contribution in [-0.4, -0.2) is 53.3 Å². The molecule has 112 valence electrons. The summed E-state index contributed by atoms with van der Waals surface area (Å²) in [5, 5.41) is 2.33. The molecule has 0 spiro atoms. The number of piperidine rings is 1. The molecule has 0 saturated carbocycles. The molecule has 2 aliphatic rings. The molecule has 0 aromatic rings. The number of imide groups is 2. The first kappa shape index (κ1) is 15.0. The predicted octanol–water partition coefficient (Wildman–Crippen LogP) is 0.964. The summed E-state index contributed by atoms with van der Waals surface area (Å²) in [4.78, 5) is 39.7. The monoisotopic (exact) mass is 281 g/mol. The lowest BCUT2D eigenvalue weighted by Crippen LogP contribution is -2.62. The van der Waals surface area contributed by atoms with E-state index in [1.54, 1.807) is 0 Å². The number of carbonyl (C=O) groups excluding carboxylic acids is 3. The Morgan fingerprint density at radius 3 is 2.60 bits per heavy atom. The lowest BCUT2D eigenvalue weighted by molar-refractivity contribution is -0.145. The third-order valence-electron chi connectivity index (χ3n) is 4.42. The fourth-order valence-electron chi connectivity index (χ4n) is 3.02. The molecular weight excluding hydrogens is 258 g/mol. The highest BCUT2D eigenvalue weighted by Gasteiger charge is 2.44. The molecule has 1 N–H and O–H groups in total. The van der Waals surface area contributed by atoms with Crippen molar-refractivity contribution in [2.45, 2.75) is 51.6 Å². The van der Waals surface area contributed by atoms with Gasteiger partial charge in [-0.25, -0.2) is 4.79 Å². The second kappa shape index (κ2) is 5.91. The minimum Gasteiger partial charge on any atom is -0.304 e. The van der Waals surface area contributed by atoms with Crippen LogP contribution in [0, 0.1) is 5.92 Å². The molecule has 2 aliphatic heterocycles. The average Bonchev–Trinajstić information content (AvgIpc) is 2.38. The number of barbiturate groups is 1. The number of likely N-dealkylation sites (tertiary alicyclic amines) is 1. The third kappa shape index (κ3) is 2.70. The van der Waals surface area contributed by atoms with Crippen molar-refractivity contribution in [2.75, 3.05) is 13.6 Å². The molecule has 0 aromatic carbocycles. The minimum absolute atomic E-state index is 0.0962. The zero-order valence-corrected chi connectivity index (χ0v) is 12.4. The number of hydrogen-bond acceptors (Lipinski definition) is 4. The predicted molar refractivity (Wildman–Crippen MR) is 73.9 cm³/mol. The molecule has 3 unspecified atom stereocenters. The average molecular weight is 281 g/mol. The van der Waals surface area contributed by atoms with Crippen LogP contribution in [0.3, 0.4) is 0 Å². The van der Waals surface area contributed by atoms with Crippen LogP contribution in [0.1, 0.15) is 39.5 Å². The van der Waals surface area contributed by atoms with E-state index in [1.165, 1.54) is 4.90 Å². The van der Waals surface area contributed by atoms with Crippen LogP contribution in [-0.2, 0) is 9.59 Å². The largest absolute Gasteiger partial charge is 0.331 e. The van der Waals surface area contributed by atoms with Crippen molar-refractivity contribution in [3.8, 4) is 0 Å². The summed E-state index contributed by atoms with van der Waals surface area (Å²) in [6, 6.07) is -0.313. The molecule has 20 heavy (non-hydrogen) atoms. The molecule has 6 heteroatoms. The van der Waals surface area contributed by atoms with Crippen molar-refractivity contribution in [2.24, 2.45) is 5.92 Å². The van der Waals surface area contributed by atoms with Gasteiger partial charge in [0.05, 0.1) is 0 Å². The smallest absolute Gasteiger partial charge is 0.304 e. The van der Waals surface area contributed by atoms with Crippen LogP contribution < -0.4 is 5.32 Å². The Bertz CT molecular complexity index is 424.